The summed E-state index contributed by atoms with van der Waals surface area (Å²) in [5.74, 6) is 0. The topological polar surface area (TPSA) is 0 Å². The number of fused-ring (bicyclic) bond motifs is 13. The molecule has 0 N–H and O–H groups in total. The van der Waals surface area contributed by atoms with Crippen molar-refractivity contribution in [3.05, 3.63) is 194 Å². The van der Waals surface area contributed by atoms with Crippen LogP contribution in [0.3, 0.4) is 0 Å². The molecule has 0 saturated carbocycles. The second-order valence-electron chi connectivity index (χ2n) is 15.5. The summed E-state index contributed by atoms with van der Waals surface area (Å²) >= 11 is 3.85. The zero-order chi connectivity index (χ0) is 37.9. The van der Waals surface area contributed by atoms with Gasteiger partial charge in [-0.25, -0.2) is 0 Å². The molecule has 0 spiro atoms. The van der Waals surface area contributed by atoms with E-state index in [2.05, 4.69) is 194 Å². The third-order valence-electron chi connectivity index (χ3n) is 12.4. The average Bonchev–Trinajstić information content (AvgIpc) is 3.86. The Morgan fingerprint density at radius 3 is 1.53 bits per heavy atom. The van der Waals surface area contributed by atoms with Crippen molar-refractivity contribution in [1.29, 1.82) is 0 Å². The second-order valence-corrected chi connectivity index (χ2v) is 17.6. The van der Waals surface area contributed by atoms with E-state index >= 15 is 0 Å². The average molecular weight is 769 g/mol. The molecule has 268 valence electrons. The van der Waals surface area contributed by atoms with Crippen LogP contribution in [0.4, 0.5) is 0 Å². The van der Waals surface area contributed by atoms with Gasteiger partial charge in [-0.05, 0) is 112 Å². The van der Waals surface area contributed by atoms with Crippen molar-refractivity contribution in [1.82, 2.24) is 0 Å². The van der Waals surface area contributed by atoms with Gasteiger partial charge in [0.15, 0.2) is 0 Å². The molecule has 0 unspecified atom stereocenters. The molecule has 0 saturated heterocycles. The van der Waals surface area contributed by atoms with Gasteiger partial charge < -0.3 is 0 Å². The molecule has 2 heterocycles. The Kier molecular flexibility index (Phi) is 6.86. The number of thiophene rings is 2. The lowest BCUT2D eigenvalue weighted by Gasteiger charge is -2.20. The van der Waals surface area contributed by atoms with Crippen LogP contribution in [0.25, 0.3) is 128 Å². The van der Waals surface area contributed by atoms with Gasteiger partial charge in [-0.2, -0.15) is 0 Å². The summed E-state index contributed by atoms with van der Waals surface area (Å²) in [4.78, 5) is 0. The molecular weight excluding hydrogens is 737 g/mol. The van der Waals surface area contributed by atoms with Crippen molar-refractivity contribution in [3.63, 3.8) is 0 Å². The first kappa shape index (κ1) is 32.3. The van der Waals surface area contributed by atoms with Gasteiger partial charge in [0.25, 0.3) is 0 Å². The summed E-state index contributed by atoms with van der Waals surface area (Å²) in [6, 6.07) is 72.5. The Morgan fingerprint density at radius 1 is 0.259 bits per heavy atom. The van der Waals surface area contributed by atoms with Crippen LogP contribution in [0.15, 0.2) is 194 Å². The van der Waals surface area contributed by atoms with Crippen LogP contribution in [0.1, 0.15) is 0 Å². The highest BCUT2D eigenvalue weighted by Crippen LogP contribution is 2.51. The molecule has 13 aromatic rings. The van der Waals surface area contributed by atoms with E-state index in [-0.39, 0.29) is 0 Å². The lowest BCUT2D eigenvalue weighted by atomic mass is 9.83. The van der Waals surface area contributed by atoms with E-state index in [1.54, 1.807) is 0 Å². The Hall–Kier alpha value is -6.84. The fraction of sp³-hybridized carbons (Fsp3) is 0. The monoisotopic (exact) mass is 768 g/mol. The lowest BCUT2D eigenvalue weighted by molar-refractivity contribution is 1.67. The van der Waals surface area contributed by atoms with E-state index in [9.17, 15) is 0 Å². The predicted molar refractivity (Wildman–Crippen MR) is 256 cm³/mol. The normalized spacial score (nSPS) is 12.1. The number of rotatable bonds is 3. The lowest BCUT2D eigenvalue weighted by Crippen LogP contribution is -1.93. The molecule has 2 aromatic heterocycles. The minimum absolute atomic E-state index is 1.24. The molecule has 0 aliphatic heterocycles. The Morgan fingerprint density at radius 2 is 0.810 bits per heavy atom. The highest BCUT2D eigenvalue weighted by molar-refractivity contribution is 7.30. The van der Waals surface area contributed by atoms with Crippen molar-refractivity contribution < 1.29 is 0 Å². The van der Waals surface area contributed by atoms with E-state index in [4.69, 9.17) is 0 Å². The number of hydrogen-bond acceptors (Lipinski definition) is 2. The van der Waals surface area contributed by atoms with Crippen LogP contribution in [0.5, 0.6) is 0 Å². The SMILES string of the molecule is c1ccc2cc(-c3c4ccccc4c(-c4ccc(-c5cc6sc7ccc8c9ccccc9sc8c7c6c6ccccc56)c5ccccc45)c4ccccc34)ccc2c1. The van der Waals surface area contributed by atoms with Crippen LogP contribution in [-0.4, -0.2) is 0 Å². The number of benzene rings is 11. The van der Waals surface area contributed by atoms with Gasteiger partial charge in [0, 0.05) is 40.3 Å². The van der Waals surface area contributed by atoms with Crippen LogP contribution in [-0.2, 0) is 0 Å². The molecule has 0 fully saturated rings. The van der Waals surface area contributed by atoms with E-state index in [1.807, 2.05) is 22.7 Å². The first-order chi connectivity index (χ1) is 28.8. The van der Waals surface area contributed by atoms with E-state index in [0.717, 1.165) is 0 Å². The fourth-order valence-corrected chi connectivity index (χ4v) is 12.4. The van der Waals surface area contributed by atoms with Crippen LogP contribution >= 0.6 is 22.7 Å². The largest absolute Gasteiger partial charge is 0.135 e. The van der Waals surface area contributed by atoms with Gasteiger partial charge in [0.1, 0.15) is 0 Å². The van der Waals surface area contributed by atoms with Crippen molar-refractivity contribution in [2.75, 3.05) is 0 Å². The molecule has 0 bridgehead atoms. The highest BCUT2D eigenvalue weighted by atomic mass is 32.1. The summed E-state index contributed by atoms with van der Waals surface area (Å²) in [7, 11) is 0. The molecule has 13 rings (SSSR count). The maximum absolute atomic E-state index is 2.48. The van der Waals surface area contributed by atoms with Crippen molar-refractivity contribution in [3.8, 4) is 33.4 Å². The molecular formula is C56H32S2. The molecule has 2 heteroatoms. The maximum Gasteiger partial charge on any atom is 0.0448 e. The third-order valence-corrected chi connectivity index (χ3v) is 14.7. The van der Waals surface area contributed by atoms with Gasteiger partial charge in [-0.1, -0.05) is 170 Å². The van der Waals surface area contributed by atoms with Gasteiger partial charge in [-0.15, -0.1) is 22.7 Å². The number of hydrogen-bond donors (Lipinski definition) is 0. The van der Waals surface area contributed by atoms with Crippen molar-refractivity contribution >= 4 is 117 Å². The molecule has 0 nitrogen and oxygen atoms in total. The quantitative estimate of drug-likeness (QED) is 0.157. The minimum Gasteiger partial charge on any atom is -0.135 e. The Bertz CT molecular complexity index is 3800. The highest BCUT2D eigenvalue weighted by Gasteiger charge is 2.22. The maximum atomic E-state index is 2.48. The summed E-state index contributed by atoms with van der Waals surface area (Å²) < 4.78 is 5.43. The smallest absolute Gasteiger partial charge is 0.0448 e. The van der Waals surface area contributed by atoms with Crippen LogP contribution < -0.4 is 0 Å². The summed E-state index contributed by atoms with van der Waals surface area (Å²) in [5, 5.41) is 18.2. The van der Waals surface area contributed by atoms with Gasteiger partial charge >= 0.3 is 0 Å². The summed E-state index contributed by atoms with van der Waals surface area (Å²) in [5.41, 5.74) is 7.63. The van der Waals surface area contributed by atoms with Gasteiger partial charge in [0.05, 0.1) is 0 Å². The summed E-state index contributed by atoms with van der Waals surface area (Å²) in [6.45, 7) is 0. The third kappa shape index (κ3) is 4.56. The first-order valence-corrected chi connectivity index (χ1v) is 21.6. The van der Waals surface area contributed by atoms with Crippen LogP contribution in [0, 0.1) is 0 Å². The summed E-state index contributed by atoms with van der Waals surface area (Å²) in [6.07, 6.45) is 0. The van der Waals surface area contributed by atoms with Gasteiger partial charge in [0.2, 0.25) is 0 Å². The molecule has 0 radical (unpaired) electrons. The second kappa shape index (κ2) is 12.3. The Balaban J connectivity index is 1.08. The van der Waals surface area contributed by atoms with Crippen molar-refractivity contribution in [2.45, 2.75) is 0 Å². The molecule has 11 aromatic carbocycles. The molecule has 0 aliphatic rings. The first-order valence-electron chi connectivity index (χ1n) is 19.9. The van der Waals surface area contributed by atoms with Crippen LogP contribution in [0.2, 0.25) is 0 Å². The van der Waals surface area contributed by atoms with E-state index in [0.29, 0.717) is 0 Å². The van der Waals surface area contributed by atoms with Gasteiger partial charge in [-0.3, -0.25) is 0 Å². The van der Waals surface area contributed by atoms with E-state index < -0.39 is 0 Å². The van der Waals surface area contributed by atoms with Crippen molar-refractivity contribution in [2.24, 2.45) is 0 Å². The predicted octanol–water partition coefficient (Wildman–Crippen LogP) is 17.2. The molecule has 0 amide bonds. The minimum atomic E-state index is 1.24. The molecule has 58 heavy (non-hydrogen) atoms. The van der Waals surface area contributed by atoms with E-state index in [1.165, 1.54) is 128 Å². The fourth-order valence-electron chi connectivity index (χ4n) is 9.95. The Labute approximate surface area is 342 Å². The standard InChI is InChI=1S/C56H32S2/c1-2-14-34-31-35(26-25-33(34)13-1)52-42-20-7-9-22-44(42)53(45-23-10-8-21-43(45)52)46-28-27-39(36-15-3-4-16-37(36)46)48-32-51-54(41-19-6-5-17-38(41)48)55-50(57-51)30-29-47-40-18-11-12-24-49(40)58-56(47)55/h1-32H. The zero-order valence-electron chi connectivity index (χ0n) is 31.3. The zero-order valence-corrected chi connectivity index (χ0v) is 32.9. The molecule has 0 aliphatic carbocycles. The molecule has 0 atom stereocenters.